The summed E-state index contributed by atoms with van der Waals surface area (Å²) in [5, 5.41) is 0. The van der Waals surface area contributed by atoms with Crippen LogP contribution in [0.25, 0.3) is 0 Å². The molecule has 0 radical (unpaired) electrons. The van der Waals surface area contributed by atoms with Crippen molar-refractivity contribution in [1.29, 1.82) is 0 Å². The van der Waals surface area contributed by atoms with E-state index in [1.54, 1.807) is 0 Å². The molecule has 0 saturated carbocycles. The summed E-state index contributed by atoms with van der Waals surface area (Å²) >= 11 is 0. The maximum Gasteiger partial charge on any atom is 0.510 e. The Hall–Kier alpha value is -2.89. The van der Waals surface area contributed by atoms with Crippen LogP contribution in [0.1, 0.15) is 40.8 Å². The molecule has 1 N–H and O–H groups in total. The van der Waals surface area contributed by atoms with Crippen LogP contribution < -0.4 is 11.2 Å². The third-order valence-electron chi connectivity index (χ3n) is 4.89. The van der Waals surface area contributed by atoms with E-state index < -0.39 is 87.6 Å². The number of carbonyl (C=O) groups is 2. The molecule has 2 rings (SSSR count). The predicted octanol–water partition coefficient (Wildman–Crippen LogP) is 2.67. The van der Waals surface area contributed by atoms with Gasteiger partial charge in [0.25, 0.3) is 11.4 Å². The molecule has 16 nitrogen and oxygen atoms in total. The van der Waals surface area contributed by atoms with Crippen LogP contribution in [0.5, 0.6) is 0 Å². The Morgan fingerprint density at radius 1 is 1.05 bits per heavy atom. The average molecular weight is 604 g/mol. The normalized spacial score (nSPS) is 24.8. The second-order valence-corrected chi connectivity index (χ2v) is 10.5. The third-order valence-corrected chi connectivity index (χ3v) is 6.18. The van der Waals surface area contributed by atoms with Crippen molar-refractivity contribution in [3.05, 3.63) is 33.1 Å². The quantitative estimate of drug-likeness (QED) is 0.196. The number of carbonyl (C=O) groups excluding carboxylic acids is 2. The van der Waals surface area contributed by atoms with Crippen molar-refractivity contribution in [3.8, 4) is 0 Å². The van der Waals surface area contributed by atoms with Gasteiger partial charge in [0.05, 0.1) is 12.2 Å². The number of ether oxygens (including phenoxy) is 6. The zero-order valence-corrected chi connectivity index (χ0v) is 23.3. The van der Waals surface area contributed by atoms with Gasteiger partial charge in [-0.25, -0.2) is 36.8 Å². The smallest absolute Gasteiger partial charge is 0.432 e. The lowest BCUT2D eigenvalue weighted by Gasteiger charge is -2.29. The van der Waals surface area contributed by atoms with E-state index in [9.17, 15) is 23.7 Å². The Labute approximate surface area is 226 Å². The summed E-state index contributed by atoms with van der Waals surface area (Å²) in [5.74, 6) is -3.24. The first-order valence-electron chi connectivity index (χ1n) is 11.6. The van der Waals surface area contributed by atoms with E-state index in [0.29, 0.717) is 4.57 Å². The van der Waals surface area contributed by atoms with E-state index in [4.69, 9.17) is 32.5 Å². The lowest BCUT2D eigenvalue weighted by molar-refractivity contribution is -0.211. The second kappa shape index (κ2) is 13.6. The molecule has 0 spiro atoms. The highest BCUT2D eigenvalue weighted by molar-refractivity contribution is 7.48. The number of hydrogen-bond donors (Lipinski definition) is 1. The van der Waals surface area contributed by atoms with Crippen LogP contribution in [-0.4, -0.2) is 79.0 Å². The van der Waals surface area contributed by atoms with E-state index in [-0.39, 0.29) is 0 Å². The standard InChI is InChI=1S/C21H31F2N2O14P/c1-12(2)37-18(28)32-10-35-40(30,36-11-33-19(29)38-13(3)4)34-9-21(23)15(31-6)20(5,22)16(39-21)25-8-7-14(26)24-17(25)27/h7-8,12-13,15-16H,9-11H2,1-6H3,(H,24,26,27). The largest absolute Gasteiger partial charge is 0.510 e. The molecule has 1 aliphatic rings. The van der Waals surface area contributed by atoms with Gasteiger partial charge in [0.1, 0.15) is 6.61 Å². The molecule has 1 aliphatic heterocycles. The number of phosphoric ester groups is 1. The van der Waals surface area contributed by atoms with Gasteiger partial charge in [0, 0.05) is 19.4 Å². The van der Waals surface area contributed by atoms with Crippen LogP contribution >= 0.6 is 7.82 Å². The number of aromatic amines is 1. The SMILES string of the molecule is COC1C(F)(COP(=O)(OCOC(=O)OC(C)C)OCOC(=O)OC(C)C)OC(n2ccc(=O)[nH]c2=O)C1(C)F. The Morgan fingerprint density at radius 2 is 1.57 bits per heavy atom. The minimum atomic E-state index is -4.96. The van der Waals surface area contributed by atoms with Crippen LogP contribution in [0, 0.1) is 0 Å². The number of alkyl halides is 2. The minimum absolute atomic E-state index is 0.568. The number of hydrogen-bond acceptors (Lipinski definition) is 14. The number of phosphoric acid groups is 1. The summed E-state index contributed by atoms with van der Waals surface area (Å²) < 4.78 is 88.7. The first-order valence-corrected chi connectivity index (χ1v) is 13.1. The molecule has 0 amide bonds. The lowest BCUT2D eigenvalue weighted by atomic mass is 9.97. The number of nitrogens with zero attached hydrogens (tertiary/aromatic N) is 1. The molecule has 2 heterocycles. The molecule has 1 aromatic heterocycles. The molecule has 0 aliphatic carbocycles. The van der Waals surface area contributed by atoms with Crippen molar-refractivity contribution in [2.75, 3.05) is 27.3 Å². The van der Waals surface area contributed by atoms with Gasteiger partial charge < -0.3 is 28.4 Å². The summed E-state index contributed by atoms with van der Waals surface area (Å²) in [6.45, 7) is 3.36. The topological polar surface area (TPSA) is 189 Å². The van der Waals surface area contributed by atoms with E-state index in [2.05, 4.69) is 9.47 Å². The zero-order valence-electron chi connectivity index (χ0n) is 22.5. The van der Waals surface area contributed by atoms with E-state index in [0.717, 1.165) is 26.3 Å². The van der Waals surface area contributed by atoms with Gasteiger partial charge >= 0.3 is 25.8 Å². The van der Waals surface area contributed by atoms with Crippen molar-refractivity contribution < 1.29 is 64.9 Å². The first kappa shape index (κ1) is 33.3. The molecular formula is C21H31F2N2O14P. The molecule has 0 aromatic carbocycles. The highest BCUT2D eigenvalue weighted by atomic mass is 31.2. The second-order valence-electron chi connectivity index (χ2n) is 8.88. The maximum absolute atomic E-state index is 16.0. The van der Waals surface area contributed by atoms with Crippen LogP contribution in [0.4, 0.5) is 18.4 Å². The minimum Gasteiger partial charge on any atom is -0.432 e. The molecule has 0 bridgehead atoms. The number of H-pyrrole nitrogens is 1. The number of rotatable bonds is 13. The van der Waals surface area contributed by atoms with Gasteiger partial charge in [-0.15, -0.1) is 0 Å². The fraction of sp³-hybridized carbons (Fsp3) is 0.714. The van der Waals surface area contributed by atoms with Crippen LogP contribution in [0.15, 0.2) is 21.9 Å². The molecule has 4 atom stereocenters. The molecule has 228 valence electrons. The van der Waals surface area contributed by atoms with Crippen LogP contribution in [0.2, 0.25) is 0 Å². The molecule has 4 unspecified atom stereocenters. The Balaban J connectivity index is 2.22. The van der Waals surface area contributed by atoms with Gasteiger partial charge in [0.15, 0.2) is 18.0 Å². The summed E-state index contributed by atoms with van der Waals surface area (Å²) in [6, 6.07) is 0.877. The summed E-state index contributed by atoms with van der Waals surface area (Å²) in [4.78, 5) is 48.6. The lowest BCUT2D eigenvalue weighted by Crippen LogP contribution is -2.48. The first-order chi connectivity index (χ1) is 18.5. The number of methoxy groups -OCH3 is 1. The fourth-order valence-electron chi connectivity index (χ4n) is 3.38. The van der Waals surface area contributed by atoms with E-state index >= 15 is 8.78 Å². The number of halogens is 2. The highest BCUT2D eigenvalue weighted by Crippen LogP contribution is 2.54. The van der Waals surface area contributed by atoms with Crippen molar-refractivity contribution in [1.82, 2.24) is 9.55 Å². The van der Waals surface area contributed by atoms with Gasteiger partial charge in [-0.05, 0) is 34.6 Å². The Bertz CT molecular complexity index is 1160. The molecule has 1 aromatic rings. The van der Waals surface area contributed by atoms with Crippen molar-refractivity contribution in [2.45, 2.75) is 70.7 Å². The molecule has 19 heteroatoms. The summed E-state index contributed by atoms with van der Waals surface area (Å²) in [7, 11) is -4.02. The van der Waals surface area contributed by atoms with E-state index in [1.165, 1.54) is 27.7 Å². The van der Waals surface area contributed by atoms with Crippen molar-refractivity contribution in [2.24, 2.45) is 0 Å². The Morgan fingerprint density at radius 3 is 2.02 bits per heavy atom. The van der Waals surface area contributed by atoms with Gasteiger partial charge in [-0.1, -0.05) is 0 Å². The van der Waals surface area contributed by atoms with Crippen molar-refractivity contribution >= 4 is 20.1 Å². The van der Waals surface area contributed by atoms with E-state index in [1.807, 2.05) is 4.98 Å². The Kier molecular flexibility index (Phi) is 11.4. The zero-order chi connectivity index (χ0) is 30.3. The summed E-state index contributed by atoms with van der Waals surface area (Å²) in [6.07, 6.45) is -6.78. The third kappa shape index (κ3) is 8.81. The predicted molar refractivity (Wildman–Crippen MR) is 126 cm³/mol. The highest BCUT2D eigenvalue weighted by Gasteiger charge is 2.66. The molecule has 1 saturated heterocycles. The maximum atomic E-state index is 16.0. The van der Waals surface area contributed by atoms with Crippen molar-refractivity contribution in [3.63, 3.8) is 0 Å². The molecule has 40 heavy (non-hydrogen) atoms. The fourth-order valence-corrected chi connectivity index (χ4v) is 4.30. The van der Waals surface area contributed by atoms with Gasteiger partial charge in [0.2, 0.25) is 13.6 Å². The molecular weight excluding hydrogens is 573 g/mol. The average Bonchev–Trinajstić information content (AvgIpc) is 3.01. The summed E-state index contributed by atoms with van der Waals surface area (Å²) in [5.41, 5.74) is -4.67. The van der Waals surface area contributed by atoms with Gasteiger partial charge in [-0.3, -0.25) is 18.9 Å². The van der Waals surface area contributed by atoms with Crippen LogP contribution in [-0.2, 0) is 46.6 Å². The monoisotopic (exact) mass is 604 g/mol. The molecule has 1 fully saturated rings. The van der Waals surface area contributed by atoms with Gasteiger partial charge in [-0.2, -0.15) is 0 Å². The number of aromatic nitrogens is 2. The van der Waals surface area contributed by atoms with Crippen LogP contribution in [0.3, 0.4) is 0 Å². The number of nitrogens with one attached hydrogen (secondary N) is 1.